The Morgan fingerprint density at radius 2 is 1.77 bits per heavy atom. The zero-order valence-corrected chi connectivity index (χ0v) is 13.1. The van der Waals surface area contributed by atoms with Crippen LogP contribution in [0.15, 0.2) is 53.8 Å². The molecule has 0 unspecified atom stereocenters. The number of nitriles is 1. The molecular weight excluding hydrogens is 316 g/mol. The van der Waals surface area contributed by atoms with E-state index >= 15 is 0 Å². The van der Waals surface area contributed by atoms with E-state index in [-0.39, 0.29) is 6.54 Å². The summed E-state index contributed by atoms with van der Waals surface area (Å²) in [4.78, 5) is 4.04. The molecule has 0 N–H and O–H groups in total. The van der Waals surface area contributed by atoms with E-state index in [4.69, 9.17) is 16.9 Å². The highest BCUT2D eigenvalue weighted by molar-refractivity contribution is 7.80. The molecule has 6 heteroatoms. The minimum absolute atomic E-state index is 0.143. The van der Waals surface area contributed by atoms with Crippen LogP contribution in [0.25, 0.3) is 22.4 Å². The van der Waals surface area contributed by atoms with Crippen molar-refractivity contribution in [2.75, 3.05) is 0 Å². The third-order valence-electron chi connectivity index (χ3n) is 3.23. The zero-order valence-electron chi connectivity index (χ0n) is 11.4. The van der Waals surface area contributed by atoms with Gasteiger partial charge in [-0.25, -0.2) is 4.68 Å². The lowest BCUT2D eigenvalue weighted by Gasteiger charge is -2.04. The fourth-order valence-corrected chi connectivity index (χ4v) is 2.70. The van der Waals surface area contributed by atoms with E-state index < -0.39 is 0 Å². The van der Waals surface area contributed by atoms with Crippen LogP contribution in [0.4, 0.5) is 0 Å². The predicted molar refractivity (Wildman–Crippen MR) is 88.8 cm³/mol. The Hall–Kier alpha value is -2.29. The van der Waals surface area contributed by atoms with Gasteiger partial charge in [-0.3, -0.25) is 4.98 Å². The maximum Gasteiger partial charge on any atom is 0.129 e. The lowest BCUT2D eigenvalue weighted by atomic mass is 10.0. The molecule has 1 aromatic carbocycles. The van der Waals surface area contributed by atoms with E-state index in [1.807, 2.05) is 36.4 Å². The molecular formula is C16H11ClN4S. The number of pyridine rings is 1. The molecule has 0 saturated carbocycles. The first-order chi connectivity index (χ1) is 10.7. The summed E-state index contributed by atoms with van der Waals surface area (Å²) in [5.74, 6) is 0. The first kappa shape index (κ1) is 14.6. The number of hydrogen-bond acceptors (Lipinski definition) is 4. The fraction of sp³-hybridized carbons (Fsp3) is 0.0625. The summed E-state index contributed by atoms with van der Waals surface area (Å²) in [7, 11) is 0. The minimum Gasteiger partial charge on any atom is -0.265 e. The van der Waals surface area contributed by atoms with Gasteiger partial charge in [0, 0.05) is 28.5 Å². The zero-order chi connectivity index (χ0) is 15.5. The Labute approximate surface area is 138 Å². The first-order valence-electron chi connectivity index (χ1n) is 6.53. The Morgan fingerprint density at radius 3 is 2.41 bits per heavy atom. The van der Waals surface area contributed by atoms with Crippen LogP contribution in [0.5, 0.6) is 0 Å². The lowest BCUT2D eigenvalue weighted by molar-refractivity contribution is 0.653. The largest absolute Gasteiger partial charge is 0.265 e. The Kier molecular flexibility index (Phi) is 4.14. The van der Waals surface area contributed by atoms with Crippen molar-refractivity contribution in [3.05, 3.63) is 53.8 Å². The summed E-state index contributed by atoms with van der Waals surface area (Å²) >= 11 is 10.5. The molecule has 0 fully saturated rings. The second-order valence-electron chi connectivity index (χ2n) is 4.61. The summed E-state index contributed by atoms with van der Waals surface area (Å²) in [5, 5.41) is 14.8. The number of hydrogen-bond donors (Lipinski definition) is 1. The van der Waals surface area contributed by atoms with Crippen LogP contribution < -0.4 is 0 Å². The normalized spacial score (nSPS) is 10.4. The molecule has 2 aromatic heterocycles. The van der Waals surface area contributed by atoms with Crippen LogP contribution in [0.1, 0.15) is 0 Å². The van der Waals surface area contributed by atoms with Gasteiger partial charge in [-0.05, 0) is 29.8 Å². The molecule has 3 aromatic rings. The minimum atomic E-state index is 0.143. The van der Waals surface area contributed by atoms with Crippen molar-refractivity contribution in [2.45, 2.75) is 11.6 Å². The average molecular weight is 327 g/mol. The maximum atomic E-state index is 8.95. The van der Waals surface area contributed by atoms with E-state index in [0.29, 0.717) is 10.0 Å². The molecule has 0 aliphatic rings. The summed E-state index contributed by atoms with van der Waals surface area (Å²) < 4.78 is 1.59. The molecule has 4 nitrogen and oxygen atoms in total. The van der Waals surface area contributed by atoms with Gasteiger partial charge in [0.05, 0.1) is 6.07 Å². The van der Waals surface area contributed by atoms with Gasteiger partial charge in [0.1, 0.15) is 17.3 Å². The Bertz CT molecular complexity index is 835. The second kappa shape index (κ2) is 6.22. The number of thiol groups is 1. The van der Waals surface area contributed by atoms with Gasteiger partial charge in [-0.2, -0.15) is 10.4 Å². The molecule has 0 amide bonds. The Morgan fingerprint density at radius 1 is 1.09 bits per heavy atom. The van der Waals surface area contributed by atoms with Crippen molar-refractivity contribution in [3.8, 4) is 28.5 Å². The number of benzene rings is 1. The smallest absolute Gasteiger partial charge is 0.129 e. The van der Waals surface area contributed by atoms with Gasteiger partial charge in [-0.1, -0.05) is 23.7 Å². The summed E-state index contributed by atoms with van der Waals surface area (Å²) in [6.07, 6.45) is 3.44. The second-order valence-corrected chi connectivity index (χ2v) is 5.47. The first-order valence-corrected chi connectivity index (χ1v) is 7.36. The maximum absolute atomic E-state index is 8.95. The summed E-state index contributed by atoms with van der Waals surface area (Å²) in [6.45, 7) is 0.143. The van der Waals surface area contributed by atoms with E-state index in [0.717, 1.165) is 22.4 Å². The van der Waals surface area contributed by atoms with Crippen LogP contribution in [-0.2, 0) is 6.54 Å². The van der Waals surface area contributed by atoms with E-state index in [9.17, 15) is 0 Å². The average Bonchev–Trinajstić information content (AvgIpc) is 2.86. The van der Waals surface area contributed by atoms with Gasteiger partial charge in [0.25, 0.3) is 0 Å². The third-order valence-corrected chi connectivity index (χ3v) is 3.94. The quantitative estimate of drug-likeness (QED) is 0.738. The third kappa shape index (κ3) is 2.71. The standard InChI is InChI=1S/C16H11ClN4S/c17-13-3-1-12(2-4-13)15-14(11-5-8-19-9-6-11)16(22)21(20-15)10-7-18/h1-6,8-9,22H,10H2. The molecule has 0 atom stereocenters. The number of rotatable bonds is 3. The van der Waals surface area contributed by atoms with E-state index in [2.05, 4.69) is 28.8 Å². The number of aromatic nitrogens is 3. The Balaban J connectivity index is 2.22. The molecule has 0 radical (unpaired) electrons. The molecule has 2 heterocycles. The van der Waals surface area contributed by atoms with Crippen molar-refractivity contribution in [3.63, 3.8) is 0 Å². The molecule has 0 aliphatic heterocycles. The van der Waals surface area contributed by atoms with Gasteiger partial charge in [0.2, 0.25) is 0 Å². The molecule has 22 heavy (non-hydrogen) atoms. The van der Waals surface area contributed by atoms with Crippen molar-refractivity contribution >= 4 is 24.2 Å². The highest BCUT2D eigenvalue weighted by Crippen LogP contribution is 2.36. The molecule has 0 spiro atoms. The molecule has 0 saturated heterocycles. The van der Waals surface area contributed by atoms with Crippen LogP contribution in [0.3, 0.4) is 0 Å². The molecule has 0 bridgehead atoms. The molecule has 0 aliphatic carbocycles. The van der Waals surface area contributed by atoms with E-state index in [1.165, 1.54) is 0 Å². The lowest BCUT2D eigenvalue weighted by Crippen LogP contribution is -1.98. The number of nitrogens with zero attached hydrogens (tertiary/aromatic N) is 4. The van der Waals surface area contributed by atoms with Gasteiger partial charge < -0.3 is 0 Å². The van der Waals surface area contributed by atoms with Crippen LogP contribution >= 0.6 is 24.2 Å². The SMILES string of the molecule is N#CCn1nc(-c2ccc(Cl)cc2)c(-c2ccncc2)c1S. The topological polar surface area (TPSA) is 54.5 Å². The van der Waals surface area contributed by atoms with Gasteiger partial charge >= 0.3 is 0 Å². The molecule has 108 valence electrons. The van der Waals surface area contributed by atoms with E-state index in [1.54, 1.807) is 17.1 Å². The van der Waals surface area contributed by atoms with Crippen LogP contribution in [0, 0.1) is 11.3 Å². The summed E-state index contributed by atoms with van der Waals surface area (Å²) in [6, 6.07) is 13.3. The highest BCUT2D eigenvalue weighted by Gasteiger charge is 2.18. The van der Waals surface area contributed by atoms with Gasteiger partial charge in [0.15, 0.2) is 0 Å². The molecule has 3 rings (SSSR count). The van der Waals surface area contributed by atoms with Gasteiger partial charge in [-0.15, -0.1) is 12.6 Å². The van der Waals surface area contributed by atoms with Crippen LogP contribution in [-0.4, -0.2) is 14.8 Å². The summed E-state index contributed by atoms with van der Waals surface area (Å²) in [5.41, 5.74) is 3.52. The fourth-order valence-electron chi connectivity index (χ4n) is 2.22. The van der Waals surface area contributed by atoms with Crippen molar-refractivity contribution in [1.82, 2.24) is 14.8 Å². The highest BCUT2D eigenvalue weighted by atomic mass is 35.5. The predicted octanol–water partition coefficient (Wildman–Crippen LogP) is 4.08. The monoisotopic (exact) mass is 326 g/mol. The number of halogens is 1. The van der Waals surface area contributed by atoms with Crippen molar-refractivity contribution in [2.24, 2.45) is 0 Å². The van der Waals surface area contributed by atoms with Crippen LogP contribution in [0.2, 0.25) is 5.02 Å². The van der Waals surface area contributed by atoms with Crippen molar-refractivity contribution in [1.29, 1.82) is 5.26 Å². The van der Waals surface area contributed by atoms with Crippen molar-refractivity contribution < 1.29 is 0 Å².